The smallest absolute Gasteiger partial charge is 0.257 e. The molecule has 2 fully saturated rings. The number of anilines is 1. The maximum Gasteiger partial charge on any atom is 0.257 e. The van der Waals surface area contributed by atoms with Gasteiger partial charge in [0.15, 0.2) is 0 Å². The first-order valence-corrected chi connectivity index (χ1v) is 13.6. The van der Waals surface area contributed by atoms with Gasteiger partial charge in [-0.15, -0.1) is 0 Å². The van der Waals surface area contributed by atoms with Gasteiger partial charge in [-0.2, -0.15) is 0 Å². The van der Waals surface area contributed by atoms with Crippen molar-refractivity contribution in [2.75, 3.05) is 24.6 Å². The number of likely N-dealkylation sites (N-methyl/N-ethyl adjacent to an activating group) is 1. The Morgan fingerprint density at radius 2 is 1.91 bits per heavy atom. The Hall–Kier alpha value is -2.33. The van der Waals surface area contributed by atoms with E-state index in [0.717, 1.165) is 19.1 Å². The third kappa shape index (κ3) is 5.97. The molecule has 4 rings (SSSR count). The molecular formula is C23H33N3O6S. The van der Waals surface area contributed by atoms with Crippen LogP contribution in [0.3, 0.4) is 0 Å². The molecule has 0 unspecified atom stereocenters. The SMILES string of the molecule is CN1C(=O)c2cc(NS(C)(=O)=O)ccc2OC[C@H]2O[C@@H](CC(=O)NC3CCCCC3)CC[C@@H]21. The topological polar surface area (TPSA) is 114 Å². The third-order valence-corrected chi connectivity index (χ3v) is 7.30. The molecule has 182 valence electrons. The van der Waals surface area contributed by atoms with Gasteiger partial charge in [0.05, 0.1) is 30.4 Å². The number of sulfonamides is 1. The maximum atomic E-state index is 13.2. The summed E-state index contributed by atoms with van der Waals surface area (Å²) < 4.78 is 37.7. The van der Waals surface area contributed by atoms with Crippen molar-refractivity contribution in [3.05, 3.63) is 23.8 Å². The zero-order valence-electron chi connectivity index (χ0n) is 19.2. The monoisotopic (exact) mass is 479 g/mol. The Kier molecular flexibility index (Phi) is 7.13. The zero-order chi connectivity index (χ0) is 23.6. The first-order chi connectivity index (χ1) is 15.7. The Balaban J connectivity index is 1.42. The molecule has 0 spiro atoms. The molecule has 0 radical (unpaired) electrons. The molecule has 3 atom stereocenters. The molecule has 2 aliphatic heterocycles. The van der Waals surface area contributed by atoms with Crippen molar-refractivity contribution < 1.29 is 27.5 Å². The summed E-state index contributed by atoms with van der Waals surface area (Å²) in [5.74, 6) is 0.150. The van der Waals surface area contributed by atoms with Crippen LogP contribution in [0.4, 0.5) is 5.69 Å². The molecule has 1 saturated heterocycles. The highest BCUT2D eigenvalue weighted by Gasteiger charge is 2.39. The number of rotatable bonds is 5. The lowest BCUT2D eigenvalue weighted by Crippen LogP contribution is -2.54. The average Bonchev–Trinajstić information content (AvgIpc) is 2.76. The number of amides is 2. The third-order valence-electron chi connectivity index (χ3n) is 6.70. The number of carbonyl (C=O) groups excluding carboxylic acids is 2. The van der Waals surface area contributed by atoms with E-state index in [1.165, 1.54) is 25.3 Å². The molecule has 3 aliphatic rings. The summed E-state index contributed by atoms with van der Waals surface area (Å²) in [6, 6.07) is 4.74. The number of hydrogen-bond donors (Lipinski definition) is 2. The van der Waals surface area contributed by atoms with Gasteiger partial charge < -0.3 is 19.7 Å². The molecule has 10 heteroatoms. The van der Waals surface area contributed by atoms with E-state index >= 15 is 0 Å². The second-order valence-electron chi connectivity index (χ2n) is 9.36. The lowest BCUT2D eigenvalue weighted by molar-refractivity contribution is -0.134. The Labute approximate surface area is 195 Å². The minimum Gasteiger partial charge on any atom is -0.490 e. The fraction of sp³-hybridized carbons (Fsp3) is 0.652. The van der Waals surface area contributed by atoms with E-state index in [4.69, 9.17) is 9.47 Å². The van der Waals surface area contributed by atoms with Crippen LogP contribution in [0.15, 0.2) is 18.2 Å². The predicted octanol–water partition coefficient (Wildman–Crippen LogP) is 2.28. The fourth-order valence-electron chi connectivity index (χ4n) is 5.05. The largest absolute Gasteiger partial charge is 0.490 e. The predicted molar refractivity (Wildman–Crippen MR) is 124 cm³/mol. The van der Waals surface area contributed by atoms with E-state index in [1.807, 2.05) is 0 Å². The quantitative estimate of drug-likeness (QED) is 0.670. The molecule has 2 heterocycles. The number of hydrogen-bond acceptors (Lipinski definition) is 6. The van der Waals surface area contributed by atoms with Gasteiger partial charge in [-0.25, -0.2) is 8.42 Å². The van der Waals surface area contributed by atoms with Gasteiger partial charge in [-0.3, -0.25) is 14.3 Å². The van der Waals surface area contributed by atoms with E-state index in [2.05, 4.69) is 10.0 Å². The second-order valence-corrected chi connectivity index (χ2v) is 11.1. The molecular weight excluding hydrogens is 446 g/mol. The summed E-state index contributed by atoms with van der Waals surface area (Å²) in [6.07, 6.45) is 7.87. The van der Waals surface area contributed by atoms with Gasteiger partial charge in [0, 0.05) is 18.8 Å². The van der Waals surface area contributed by atoms with Crippen LogP contribution in [0.25, 0.3) is 0 Å². The number of ether oxygens (including phenoxy) is 2. The molecule has 0 bridgehead atoms. The Morgan fingerprint density at radius 3 is 2.64 bits per heavy atom. The van der Waals surface area contributed by atoms with Gasteiger partial charge in [0.25, 0.3) is 5.91 Å². The fourth-order valence-corrected chi connectivity index (χ4v) is 5.60. The van der Waals surface area contributed by atoms with Crippen LogP contribution < -0.4 is 14.8 Å². The molecule has 1 saturated carbocycles. The summed E-state index contributed by atoms with van der Waals surface area (Å²) in [6.45, 7) is 0.245. The van der Waals surface area contributed by atoms with Crippen molar-refractivity contribution in [2.24, 2.45) is 0 Å². The number of benzene rings is 1. The molecule has 0 aromatic heterocycles. The number of nitrogens with zero attached hydrogens (tertiary/aromatic N) is 1. The van der Waals surface area contributed by atoms with E-state index in [1.54, 1.807) is 24.1 Å². The van der Waals surface area contributed by atoms with Crippen LogP contribution in [-0.4, -0.2) is 69.3 Å². The molecule has 1 aromatic carbocycles. The molecule has 33 heavy (non-hydrogen) atoms. The molecule has 1 aromatic rings. The van der Waals surface area contributed by atoms with Crippen LogP contribution in [0.5, 0.6) is 5.75 Å². The van der Waals surface area contributed by atoms with E-state index < -0.39 is 10.0 Å². The minimum absolute atomic E-state index is 0.0257. The molecule has 9 nitrogen and oxygen atoms in total. The summed E-state index contributed by atoms with van der Waals surface area (Å²) in [7, 11) is -1.74. The summed E-state index contributed by atoms with van der Waals surface area (Å²) in [5, 5.41) is 3.15. The summed E-state index contributed by atoms with van der Waals surface area (Å²) in [4.78, 5) is 27.4. The normalized spacial score (nSPS) is 26.3. The van der Waals surface area contributed by atoms with E-state index in [-0.39, 0.29) is 42.7 Å². The van der Waals surface area contributed by atoms with Crippen LogP contribution in [0.2, 0.25) is 0 Å². The van der Waals surface area contributed by atoms with E-state index in [9.17, 15) is 18.0 Å². The van der Waals surface area contributed by atoms with Crippen LogP contribution >= 0.6 is 0 Å². The standard InChI is InChI=1S/C23H33N3O6S/c1-26-19-10-9-17(13-22(27)24-15-6-4-3-5-7-15)32-21(19)14-31-20-11-8-16(25-33(2,29)30)12-18(20)23(26)28/h8,11-12,15,17,19,21,25H,3-7,9-10,13-14H2,1-2H3,(H,24,27)/t17-,19+,21-/m1/s1. The van der Waals surface area contributed by atoms with E-state index in [0.29, 0.717) is 36.3 Å². The van der Waals surface area contributed by atoms with Crippen molar-refractivity contribution in [3.63, 3.8) is 0 Å². The molecule has 2 N–H and O–H groups in total. The van der Waals surface area contributed by atoms with Gasteiger partial charge in [-0.1, -0.05) is 19.3 Å². The van der Waals surface area contributed by atoms with Crippen molar-refractivity contribution in [1.29, 1.82) is 0 Å². The van der Waals surface area contributed by atoms with Gasteiger partial charge in [0.2, 0.25) is 15.9 Å². The minimum atomic E-state index is -3.46. The maximum absolute atomic E-state index is 13.2. The van der Waals surface area contributed by atoms with Crippen LogP contribution in [0, 0.1) is 0 Å². The van der Waals surface area contributed by atoms with Crippen molar-refractivity contribution >= 4 is 27.5 Å². The first kappa shape index (κ1) is 23.8. The average molecular weight is 480 g/mol. The lowest BCUT2D eigenvalue weighted by atomic mass is 9.93. The van der Waals surface area contributed by atoms with Crippen molar-refractivity contribution in [1.82, 2.24) is 10.2 Å². The first-order valence-electron chi connectivity index (χ1n) is 11.7. The molecule has 2 amide bonds. The van der Waals surface area contributed by atoms with Crippen molar-refractivity contribution in [3.8, 4) is 5.75 Å². The number of carbonyl (C=O) groups is 2. The number of nitrogens with one attached hydrogen (secondary N) is 2. The number of fused-ring (bicyclic) bond motifs is 2. The van der Waals surface area contributed by atoms with Crippen molar-refractivity contribution in [2.45, 2.75) is 75.7 Å². The Morgan fingerprint density at radius 1 is 1.15 bits per heavy atom. The van der Waals surface area contributed by atoms with Crippen LogP contribution in [0.1, 0.15) is 61.7 Å². The Bertz CT molecular complexity index is 992. The second kappa shape index (κ2) is 9.89. The van der Waals surface area contributed by atoms with Crippen LogP contribution in [-0.2, 0) is 19.6 Å². The lowest BCUT2D eigenvalue weighted by Gasteiger charge is -2.42. The van der Waals surface area contributed by atoms with Gasteiger partial charge >= 0.3 is 0 Å². The van der Waals surface area contributed by atoms with Gasteiger partial charge in [-0.05, 0) is 43.9 Å². The summed E-state index contributed by atoms with van der Waals surface area (Å²) in [5.41, 5.74) is 0.612. The van der Waals surface area contributed by atoms with Gasteiger partial charge in [0.1, 0.15) is 18.5 Å². The molecule has 1 aliphatic carbocycles. The highest BCUT2D eigenvalue weighted by atomic mass is 32.2. The highest BCUT2D eigenvalue weighted by molar-refractivity contribution is 7.92. The summed E-state index contributed by atoms with van der Waals surface area (Å²) >= 11 is 0. The zero-order valence-corrected chi connectivity index (χ0v) is 20.0. The highest BCUT2D eigenvalue weighted by Crippen LogP contribution is 2.32.